The van der Waals surface area contributed by atoms with Gasteiger partial charge in [0.1, 0.15) is 13.2 Å². The maximum atomic E-state index is 12.9. The van der Waals surface area contributed by atoms with E-state index in [-0.39, 0.29) is 18.9 Å². The smallest absolute Gasteiger partial charge is 0.268 e. The molecule has 8 nitrogen and oxygen atoms in total. The molecule has 0 radical (unpaired) electrons. The first-order chi connectivity index (χ1) is 33.5. The summed E-state index contributed by atoms with van der Waals surface area (Å²) in [6.45, 7) is 4.39. The van der Waals surface area contributed by atoms with Crippen LogP contribution in [0.2, 0.25) is 0 Å². The zero-order chi connectivity index (χ0) is 50.6. The molecule has 0 aliphatic carbocycles. The lowest BCUT2D eigenvalue weighted by atomic mass is 10.1. The van der Waals surface area contributed by atoms with Gasteiger partial charge in [-0.2, -0.15) is 0 Å². The standard InChI is InChI=1S/C60H97N2O6P/c1-6-8-10-12-14-16-18-20-21-22-23-24-25-26-27-28-29-30-31-32-33-34-35-36-37-38-39-40-41-42-44-46-48-50-52-54-60(64)61-58(57-68-69(65,66)67-56-55-62(3,4)5)59(63)53-51-49-47-45-43-19-17-15-13-11-9-7-2/h8,10,13-16,20-21,23-24,26-27,29-30,32-33,35-36,38-39,41-43,45,51,53,58-59,63H,6-7,9,11-12,17-19,22,25,28,31,34,37,40,44,46-50,52,54-57H2,1-5H3,(H-,61,64,65,66)/b10-8-,15-13+,16-14-,21-20-,24-23-,27-26-,30-29-,33-32-,36-35-,39-38-,42-41-,45-43+,53-51+. The molecular formula is C60H97N2O6P. The zero-order valence-corrected chi connectivity index (χ0v) is 44.8. The highest BCUT2D eigenvalue weighted by Crippen LogP contribution is 2.38. The fraction of sp³-hybridized carbons (Fsp3) is 0.550. The van der Waals surface area contributed by atoms with E-state index in [0.717, 1.165) is 116 Å². The van der Waals surface area contributed by atoms with Crippen molar-refractivity contribution in [3.05, 3.63) is 158 Å². The lowest BCUT2D eigenvalue weighted by molar-refractivity contribution is -0.870. The Morgan fingerprint density at radius 3 is 1.33 bits per heavy atom. The summed E-state index contributed by atoms with van der Waals surface area (Å²) >= 11 is 0. The second-order valence-corrected chi connectivity index (χ2v) is 19.5. The molecule has 0 aromatic rings. The maximum absolute atomic E-state index is 12.9. The van der Waals surface area contributed by atoms with Gasteiger partial charge < -0.3 is 28.8 Å². The van der Waals surface area contributed by atoms with Gasteiger partial charge in [-0.3, -0.25) is 9.36 Å². The number of amides is 1. The van der Waals surface area contributed by atoms with Gasteiger partial charge in [0.2, 0.25) is 5.91 Å². The van der Waals surface area contributed by atoms with E-state index in [1.807, 2.05) is 27.2 Å². The summed E-state index contributed by atoms with van der Waals surface area (Å²) in [6, 6.07) is -0.935. The second-order valence-electron chi connectivity index (χ2n) is 18.1. The number of allylic oxidation sites excluding steroid dienone is 25. The topological polar surface area (TPSA) is 108 Å². The van der Waals surface area contributed by atoms with Crippen LogP contribution in [-0.2, 0) is 18.4 Å². The Morgan fingerprint density at radius 1 is 0.522 bits per heavy atom. The number of phosphoric ester groups is 1. The molecule has 2 N–H and O–H groups in total. The SMILES string of the molecule is CC/C=C\C/C=C\C/C=C\C/C=C\C/C=C\C/C=C\C/C=C\C/C=C\C/C=C\C/C=C\CCCCCCC(=O)NC(COP(=O)([O-])OCC[N+](C)(C)C)C(O)/C=C/CC/C=C/CC/C=C/CCCC. The molecule has 388 valence electrons. The van der Waals surface area contributed by atoms with Crippen LogP contribution >= 0.6 is 7.82 Å². The third kappa shape index (κ3) is 51.8. The summed E-state index contributed by atoms with van der Waals surface area (Å²) < 4.78 is 23.2. The van der Waals surface area contributed by atoms with Crippen molar-refractivity contribution in [3.63, 3.8) is 0 Å². The number of aliphatic hydroxyl groups is 1. The zero-order valence-electron chi connectivity index (χ0n) is 43.9. The lowest BCUT2D eigenvalue weighted by Crippen LogP contribution is -2.45. The molecule has 1 amide bonds. The Labute approximate surface area is 422 Å². The van der Waals surface area contributed by atoms with Gasteiger partial charge in [0.15, 0.2) is 0 Å². The molecule has 3 atom stereocenters. The number of carbonyl (C=O) groups excluding carboxylic acids is 1. The van der Waals surface area contributed by atoms with Crippen molar-refractivity contribution in [1.29, 1.82) is 0 Å². The maximum Gasteiger partial charge on any atom is 0.268 e. The van der Waals surface area contributed by atoms with E-state index in [1.54, 1.807) is 6.08 Å². The fourth-order valence-corrected chi connectivity index (χ4v) is 7.04. The minimum atomic E-state index is -4.62. The predicted molar refractivity (Wildman–Crippen MR) is 297 cm³/mol. The van der Waals surface area contributed by atoms with Crippen LogP contribution in [0.4, 0.5) is 0 Å². The Hall–Kier alpha value is -3.88. The predicted octanol–water partition coefficient (Wildman–Crippen LogP) is 15.3. The van der Waals surface area contributed by atoms with Crippen LogP contribution in [0.5, 0.6) is 0 Å². The molecule has 0 heterocycles. The molecule has 0 aromatic carbocycles. The minimum absolute atomic E-state index is 0.0239. The van der Waals surface area contributed by atoms with E-state index >= 15 is 0 Å². The molecule has 0 aromatic heterocycles. The average Bonchev–Trinajstić information content (AvgIpc) is 3.31. The largest absolute Gasteiger partial charge is 0.756 e. The van der Waals surface area contributed by atoms with Crippen molar-refractivity contribution in [2.24, 2.45) is 0 Å². The number of phosphoric acid groups is 1. The first kappa shape index (κ1) is 65.1. The number of hydrogen-bond donors (Lipinski definition) is 2. The van der Waals surface area contributed by atoms with Crippen LogP contribution in [0.3, 0.4) is 0 Å². The van der Waals surface area contributed by atoms with Crippen LogP contribution < -0.4 is 10.2 Å². The van der Waals surface area contributed by atoms with E-state index in [0.29, 0.717) is 23.9 Å². The number of rotatable bonds is 45. The van der Waals surface area contributed by atoms with Crippen LogP contribution in [0.1, 0.15) is 162 Å². The molecule has 0 saturated carbocycles. The first-order valence-corrected chi connectivity index (χ1v) is 27.8. The van der Waals surface area contributed by atoms with Gasteiger partial charge in [0, 0.05) is 6.42 Å². The normalized spacial score (nSPS) is 15.3. The van der Waals surface area contributed by atoms with Crippen LogP contribution in [0.25, 0.3) is 0 Å². The first-order valence-electron chi connectivity index (χ1n) is 26.3. The summed E-state index contributed by atoms with van der Waals surface area (Å²) in [6.07, 6.45) is 77.5. The number of nitrogens with zero attached hydrogens (tertiary/aromatic N) is 1. The van der Waals surface area contributed by atoms with Crippen molar-refractivity contribution in [2.75, 3.05) is 40.9 Å². The highest BCUT2D eigenvalue weighted by Gasteiger charge is 2.23. The van der Waals surface area contributed by atoms with Crippen molar-refractivity contribution < 1.29 is 32.9 Å². The van der Waals surface area contributed by atoms with E-state index < -0.39 is 26.6 Å². The number of aliphatic hydroxyl groups excluding tert-OH is 1. The highest BCUT2D eigenvalue weighted by molar-refractivity contribution is 7.45. The Kier molecular flexibility index (Phi) is 46.4. The number of hydrogen-bond acceptors (Lipinski definition) is 6. The summed E-state index contributed by atoms with van der Waals surface area (Å²) in [4.78, 5) is 25.4. The van der Waals surface area contributed by atoms with Crippen LogP contribution in [-0.4, -0.2) is 68.5 Å². The molecule has 0 rings (SSSR count). The molecule has 9 heteroatoms. The van der Waals surface area contributed by atoms with Gasteiger partial charge in [-0.1, -0.05) is 198 Å². The molecule has 0 fully saturated rings. The number of quaternary nitrogens is 1. The molecular weight excluding hydrogens is 876 g/mol. The second kappa shape index (κ2) is 49.1. The van der Waals surface area contributed by atoms with Crippen molar-refractivity contribution >= 4 is 13.7 Å². The minimum Gasteiger partial charge on any atom is -0.756 e. The fourth-order valence-electron chi connectivity index (χ4n) is 6.31. The quantitative estimate of drug-likeness (QED) is 0.0272. The van der Waals surface area contributed by atoms with Crippen molar-refractivity contribution in [3.8, 4) is 0 Å². The molecule has 0 aliphatic heterocycles. The molecule has 69 heavy (non-hydrogen) atoms. The Bertz CT molecular complexity index is 1670. The van der Waals surface area contributed by atoms with Gasteiger partial charge in [-0.25, -0.2) is 0 Å². The van der Waals surface area contributed by atoms with E-state index in [2.05, 4.69) is 165 Å². The molecule has 3 unspecified atom stereocenters. The van der Waals surface area contributed by atoms with Gasteiger partial charge >= 0.3 is 0 Å². The van der Waals surface area contributed by atoms with Gasteiger partial charge in [0.25, 0.3) is 7.82 Å². The van der Waals surface area contributed by atoms with E-state index in [9.17, 15) is 19.4 Å². The van der Waals surface area contributed by atoms with Gasteiger partial charge in [-0.05, 0) is 116 Å². The van der Waals surface area contributed by atoms with Crippen molar-refractivity contribution in [1.82, 2.24) is 5.32 Å². The number of nitrogens with one attached hydrogen (secondary N) is 1. The third-order valence-corrected chi connectivity index (χ3v) is 11.4. The molecule has 0 spiro atoms. The monoisotopic (exact) mass is 973 g/mol. The number of unbranched alkanes of at least 4 members (excludes halogenated alkanes) is 8. The molecule has 0 aliphatic rings. The third-order valence-electron chi connectivity index (χ3n) is 10.4. The number of carbonyl (C=O) groups is 1. The van der Waals surface area contributed by atoms with Gasteiger partial charge in [-0.15, -0.1) is 0 Å². The summed E-state index contributed by atoms with van der Waals surface area (Å²) in [5, 5.41) is 13.7. The summed E-state index contributed by atoms with van der Waals surface area (Å²) in [5.74, 6) is -0.246. The molecule has 0 bridgehead atoms. The van der Waals surface area contributed by atoms with Crippen LogP contribution in [0, 0.1) is 0 Å². The molecule has 0 saturated heterocycles. The Morgan fingerprint density at radius 2 is 0.899 bits per heavy atom. The lowest BCUT2D eigenvalue weighted by Gasteiger charge is -2.29. The average molecular weight is 973 g/mol. The number of likely N-dealkylation sites (N-methyl/N-ethyl adjacent to an activating group) is 1. The highest BCUT2D eigenvalue weighted by atomic mass is 31.2. The van der Waals surface area contributed by atoms with E-state index in [1.165, 1.54) is 12.8 Å². The van der Waals surface area contributed by atoms with Crippen LogP contribution in [0.15, 0.2) is 158 Å². The summed E-state index contributed by atoms with van der Waals surface area (Å²) in [5.41, 5.74) is 0. The Balaban J connectivity index is 4.30. The van der Waals surface area contributed by atoms with E-state index in [4.69, 9.17) is 9.05 Å². The van der Waals surface area contributed by atoms with Gasteiger partial charge in [0.05, 0.1) is 39.9 Å². The van der Waals surface area contributed by atoms with Crippen molar-refractivity contribution in [2.45, 2.75) is 174 Å². The summed E-state index contributed by atoms with van der Waals surface area (Å²) in [7, 11) is 1.19.